The summed E-state index contributed by atoms with van der Waals surface area (Å²) < 4.78 is 29.1. The molecule has 0 bridgehead atoms. The summed E-state index contributed by atoms with van der Waals surface area (Å²) in [7, 11) is 0. The zero-order valence-electron chi connectivity index (χ0n) is 10.1. The Morgan fingerprint density at radius 3 is 2.72 bits per heavy atom. The smallest absolute Gasteiger partial charge is 0.272 e. The highest BCUT2D eigenvalue weighted by Gasteiger charge is 2.09. The van der Waals surface area contributed by atoms with Crippen LogP contribution in [-0.2, 0) is 0 Å². The largest absolute Gasteiger partial charge is 0.485 e. The van der Waals surface area contributed by atoms with Gasteiger partial charge in [0.05, 0.1) is 18.4 Å². The highest BCUT2D eigenvalue weighted by atomic mass is 19.3. The van der Waals surface area contributed by atoms with Gasteiger partial charge in [0.2, 0.25) is 0 Å². The van der Waals surface area contributed by atoms with Gasteiger partial charge in [0.25, 0.3) is 6.43 Å². The average molecular weight is 261 g/mol. The SMILES string of the molecule is Cc1ccc(OCC(F)F)c(NCC(O)CO)c1. The maximum Gasteiger partial charge on any atom is 0.272 e. The molecule has 0 spiro atoms. The van der Waals surface area contributed by atoms with Crippen LogP contribution in [0.15, 0.2) is 18.2 Å². The van der Waals surface area contributed by atoms with Crippen molar-refractivity contribution in [1.29, 1.82) is 0 Å². The van der Waals surface area contributed by atoms with Crippen molar-refractivity contribution >= 4 is 5.69 Å². The predicted octanol–water partition coefficient (Wildman–Crippen LogP) is 1.40. The van der Waals surface area contributed by atoms with Gasteiger partial charge in [0.15, 0.2) is 0 Å². The van der Waals surface area contributed by atoms with Crippen LogP contribution in [0.25, 0.3) is 0 Å². The minimum Gasteiger partial charge on any atom is -0.485 e. The summed E-state index contributed by atoms with van der Waals surface area (Å²) >= 11 is 0. The van der Waals surface area contributed by atoms with Crippen LogP contribution in [0, 0.1) is 6.92 Å². The molecule has 0 saturated carbocycles. The molecule has 6 heteroatoms. The van der Waals surface area contributed by atoms with Gasteiger partial charge in [-0.15, -0.1) is 0 Å². The molecule has 18 heavy (non-hydrogen) atoms. The lowest BCUT2D eigenvalue weighted by molar-refractivity contribution is 0.0820. The summed E-state index contributed by atoms with van der Waals surface area (Å²) in [4.78, 5) is 0. The lowest BCUT2D eigenvalue weighted by Crippen LogP contribution is -2.23. The molecule has 0 aromatic heterocycles. The lowest BCUT2D eigenvalue weighted by Gasteiger charge is -2.15. The van der Waals surface area contributed by atoms with Gasteiger partial charge >= 0.3 is 0 Å². The molecule has 0 aliphatic rings. The van der Waals surface area contributed by atoms with E-state index >= 15 is 0 Å². The van der Waals surface area contributed by atoms with Gasteiger partial charge in [-0.1, -0.05) is 6.07 Å². The zero-order valence-corrected chi connectivity index (χ0v) is 10.1. The first-order valence-corrected chi connectivity index (χ1v) is 5.57. The first-order valence-electron chi connectivity index (χ1n) is 5.57. The van der Waals surface area contributed by atoms with Gasteiger partial charge in [0, 0.05) is 6.54 Å². The summed E-state index contributed by atoms with van der Waals surface area (Å²) in [6.45, 7) is 0.919. The minimum atomic E-state index is -2.54. The van der Waals surface area contributed by atoms with Crippen molar-refractivity contribution in [3.63, 3.8) is 0 Å². The van der Waals surface area contributed by atoms with Crippen LogP contribution in [-0.4, -0.2) is 42.5 Å². The highest BCUT2D eigenvalue weighted by Crippen LogP contribution is 2.26. The average Bonchev–Trinajstić information content (AvgIpc) is 2.34. The Morgan fingerprint density at radius 2 is 2.11 bits per heavy atom. The second-order valence-corrected chi connectivity index (χ2v) is 3.92. The van der Waals surface area contributed by atoms with E-state index in [4.69, 9.17) is 9.84 Å². The number of nitrogens with one attached hydrogen (secondary N) is 1. The minimum absolute atomic E-state index is 0.116. The van der Waals surface area contributed by atoms with E-state index in [2.05, 4.69) is 5.32 Å². The molecule has 0 fully saturated rings. The van der Waals surface area contributed by atoms with Crippen molar-refractivity contribution in [3.8, 4) is 5.75 Å². The number of hydrogen-bond donors (Lipinski definition) is 3. The molecule has 102 valence electrons. The van der Waals surface area contributed by atoms with E-state index in [1.54, 1.807) is 18.2 Å². The molecule has 1 atom stereocenters. The molecule has 0 radical (unpaired) electrons. The number of aliphatic hydroxyl groups excluding tert-OH is 2. The second kappa shape index (κ2) is 7.13. The highest BCUT2D eigenvalue weighted by molar-refractivity contribution is 5.58. The Kier molecular flexibility index (Phi) is 5.80. The Morgan fingerprint density at radius 1 is 1.39 bits per heavy atom. The van der Waals surface area contributed by atoms with Crippen LogP contribution in [0.5, 0.6) is 5.75 Å². The topological polar surface area (TPSA) is 61.7 Å². The standard InChI is InChI=1S/C12H17F2NO3/c1-8-2-3-11(18-7-12(13)14)10(4-8)15-5-9(17)6-16/h2-4,9,12,15-17H,5-7H2,1H3. The molecule has 1 aromatic carbocycles. The molecule has 0 heterocycles. The van der Waals surface area contributed by atoms with Crippen molar-refractivity contribution in [1.82, 2.24) is 0 Å². The first-order chi connectivity index (χ1) is 8.52. The summed E-state index contributed by atoms with van der Waals surface area (Å²) in [6, 6.07) is 5.06. The van der Waals surface area contributed by atoms with E-state index in [0.717, 1.165) is 5.56 Å². The summed E-state index contributed by atoms with van der Waals surface area (Å²) in [6.07, 6.45) is -3.45. The second-order valence-electron chi connectivity index (χ2n) is 3.92. The molecule has 0 saturated heterocycles. The predicted molar refractivity (Wildman–Crippen MR) is 64.3 cm³/mol. The summed E-state index contributed by atoms with van der Waals surface area (Å²) in [5.74, 6) is 0.297. The Labute approximate surface area is 104 Å². The van der Waals surface area contributed by atoms with Crippen molar-refractivity contribution in [2.45, 2.75) is 19.5 Å². The lowest BCUT2D eigenvalue weighted by atomic mass is 10.2. The maximum absolute atomic E-state index is 12.1. The van der Waals surface area contributed by atoms with E-state index < -0.39 is 19.1 Å². The van der Waals surface area contributed by atoms with Gasteiger partial charge in [-0.05, 0) is 24.6 Å². The van der Waals surface area contributed by atoms with Gasteiger partial charge in [-0.2, -0.15) is 0 Å². The van der Waals surface area contributed by atoms with Crippen molar-refractivity contribution < 1.29 is 23.7 Å². The van der Waals surface area contributed by atoms with Crippen LogP contribution in [0.1, 0.15) is 5.56 Å². The van der Waals surface area contributed by atoms with Crippen LogP contribution in [0.4, 0.5) is 14.5 Å². The molecule has 3 N–H and O–H groups in total. The van der Waals surface area contributed by atoms with Crippen LogP contribution < -0.4 is 10.1 Å². The molecule has 4 nitrogen and oxygen atoms in total. The molecule has 1 rings (SSSR count). The number of aryl methyl sites for hydroxylation is 1. The van der Waals surface area contributed by atoms with E-state index in [-0.39, 0.29) is 13.2 Å². The third kappa shape index (κ3) is 4.85. The molecule has 0 aliphatic carbocycles. The quantitative estimate of drug-likeness (QED) is 0.694. The number of aliphatic hydroxyl groups is 2. The van der Waals surface area contributed by atoms with Crippen molar-refractivity contribution in [2.24, 2.45) is 0 Å². The fraction of sp³-hybridized carbons (Fsp3) is 0.500. The van der Waals surface area contributed by atoms with Gasteiger partial charge < -0.3 is 20.3 Å². The van der Waals surface area contributed by atoms with Gasteiger partial charge in [-0.3, -0.25) is 0 Å². The third-order valence-electron chi connectivity index (χ3n) is 2.24. The van der Waals surface area contributed by atoms with E-state index in [9.17, 15) is 13.9 Å². The number of hydrogen-bond acceptors (Lipinski definition) is 4. The van der Waals surface area contributed by atoms with Gasteiger partial charge in [-0.25, -0.2) is 8.78 Å². The third-order valence-corrected chi connectivity index (χ3v) is 2.24. The maximum atomic E-state index is 12.1. The number of alkyl halides is 2. The number of halogens is 2. The van der Waals surface area contributed by atoms with Gasteiger partial charge in [0.1, 0.15) is 12.4 Å². The van der Waals surface area contributed by atoms with E-state index in [1.807, 2.05) is 6.92 Å². The van der Waals surface area contributed by atoms with Crippen LogP contribution in [0.2, 0.25) is 0 Å². The molecule has 0 amide bonds. The molecular formula is C12H17F2NO3. The normalized spacial score (nSPS) is 12.6. The Balaban J connectivity index is 2.70. The van der Waals surface area contributed by atoms with E-state index in [0.29, 0.717) is 11.4 Å². The fourth-order valence-corrected chi connectivity index (χ4v) is 1.35. The fourth-order valence-electron chi connectivity index (χ4n) is 1.35. The zero-order chi connectivity index (χ0) is 13.5. The molecule has 1 unspecified atom stereocenters. The van der Waals surface area contributed by atoms with E-state index in [1.165, 1.54) is 0 Å². The van der Waals surface area contributed by atoms with Crippen molar-refractivity contribution in [2.75, 3.05) is 25.1 Å². The Bertz CT molecular complexity index is 374. The monoisotopic (exact) mass is 261 g/mol. The number of anilines is 1. The van der Waals surface area contributed by atoms with Crippen LogP contribution >= 0.6 is 0 Å². The Hall–Kier alpha value is -1.40. The molecule has 1 aromatic rings. The molecular weight excluding hydrogens is 244 g/mol. The number of ether oxygens (including phenoxy) is 1. The molecule has 0 aliphatic heterocycles. The first kappa shape index (κ1) is 14.7. The number of benzene rings is 1. The summed E-state index contributed by atoms with van der Waals surface area (Å²) in [5, 5.41) is 20.8. The van der Waals surface area contributed by atoms with Crippen LogP contribution in [0.3, 0.4) is 0 Å². The summed E-state index contributed by atoms with van der Waals surface area (Å²) in [5.41, 5.74) is 1.45. The van der Waals surface area contributed by atoms with Crippen molar-refractivity contribution in [3.05, 3.63) is 23.8 Å². The number of rotatable bonds is 7.